The first-order valence-corrected chi connectivity index (χ1v) is 7.93. The van der Waals surface area contributed by atoms with Crippen LogP contribution in [0.15, 0.2) is 47.4 Å². The highest BCUT2D eigenvalue weighted by Gasteiger charge is 2.12. The van der Waals surface area contributed by atoms with Crippen molar-refractivity contribution in [2.45, 2.75) is 43.9 Å². The zero-order valence-electron chi connectivity index (χ0n) is 12.4. The van der Waals surface area contributed by atoms with Gasteiger partial charge in [0.15, 0.2) is 11.5 Å². The summed E-state index contributed by atoms with van der Waals surface area (Å²) < 4.78 is 5.78. The number of aromatic hydroxyl groups is 1. The van der Waals surface area contributed by atoms with Gasteiger partial charge in [-0.15, -0.1) is 12.6 Å². The van der Waals surface area contributed by atoms with Gasteiger partial charge in [0, 0.05) is 0 Å². The lowest BCUT2D eigenvalue weighted by atomic mass is 10.1. The van der Waals surface area contributed by atoms with Crippen LogP contribution in [0.25, 0.3) is 0 Å². The van der Waals surface area contributed by atoms with Gasteiger partial charge in [0.1, 0.15) is 5.75 Å². The summed E-state index contributed by atoms with van der Waals surface area (Å²) in [5.41, 5.74) is 1.12. The topological polar surface area (TPSA) is 29.5 Å². The van der Waals surface area contributed by atoms with Crippen LogP contribution in [0.4, 0.5) is 0 Å². The molecular weight excluding hydrogens is 280 g/mol. The number of hydrogen-bond acceptors (Lipinski definition) is 3. The molecule has 2 rings (SSSR count). The Morgan fingerprint density at radius 3 is 2.48 bits per heavy atom. The van der Waals surface area contributed by atoms with Crippen molar-refractivity contribution in [2.75, 3.05) is 0 Å². The Labute approximate surface area is 132 Å². The number of aryl methyl sites for hydroxylation is 1. The van der Waals surface area contributed by atoms with E-state index >= 15 is 0 Å². The van der Waals surface area contributed by atoms with Crippen LogP contribution in [0, 0.1) is 0 Å². The van der Waals surface area contributed by atoms with Crippen LogP contribution < -0.4 is 4.74 Å². The van der Waals surface area contributed by atoms with Gasteiger partial charge in [-0.1, -0.05) is 50.5 Å². The van der Waals surface area contributed by atoms with Crippen molar-refractivity contribution in [3.63, 3.8) is 0 Å². The molecule has 0 saturated heterocycles. The molecule has 2 aromatic carbocycles. The van der Waals surface area contributed by atoms with Crippen molar-refractivity contribution in [1.82, 2.24) is 0 Å². The maximum absolute atomic E-state index is 10.0. The third-order valence-electron chi connectivity index (χ3n) is 3.46. The summed E-state index contributed by atoms with van der Waals surface area (Å²) in [7, 11) is 0. The van der Waals surface area contributed by atoms with Crippen molar-refractivity contribution in [3.8, 4) is 17.2 Å². The van der Waals surface area contributed by atoms with Gasteiger partial charge in [-0.05, 0) is 36.6 Å². The molecule has 0 bridgehead atoms. The molecule has 0 aliphatic heterocycles. The van der Waals surface area contributed by atoms with Gasteiger partial charge in [0.05, 0.1) is 4.90 Å². The second-order valence-electron chi connectivity index (χ2n) is 5.15. The minimum atomic E-state index is 0.126. The fourth-order valence-corrected chi connectivity index (χ4v) is 2.60. The molecule has 0 heterocycles. The van der Waals surface area contributed by atoms with Crippen molar-refractivity contribution in [3.05, 3.63) is 48.0 Å². The number of unbranched alkanes of at least 4 members (excludes halogenated alkanes) is 3. The van der Waals surface area contributed by atoms with E-state index in [4.69, 9.17) is 4.74 Å². The largest absolute Gasteiger partial charge is 0.504 e. The van der Waals surface area contributed by atoms with Crippen molar-refractivity contribution in [2.24, 2.45) is 0 Å². The van der Waals surface area contributed by atoms with Crippen LogP contribution in [-0.2, 0) is 6.42 Å². The van der Waals surface area contributed by atoms with Gasteiger partial charge in [-0.3, -0.25) is 0 Å². The van der Waals surface area contributed by atoms with Crippen LogP contribution in [0.3, 0.4) is 0 Å². The molecule has 0 fully saturated rings. The van der Waals surface area contributed by atoms with E-state index in [0.717, 1.165) is 23.3 Å². The second-order valence-corrected chi connectivity index (χ2v) is 5.59. The highest BCUT2D eigenvalue weighted by atomic mass is 32.1. The molecule has 0 radical (unpaired) electrons. The summed E-state index contributed by atoms with van der Waals surface area (Å²) in [4.78, 5) is 0.732. The first-order chi connectivity index (χ1) is 10.2. The molecule has 0 saturated carbocycles. The molecule has 3 heteroatoms. The van der Waals surface area contributed by atoms with Crippen LogP contribution in [0.2, 0.25) is 0 Å². The summed E-state index contributed by atoms with van der Waals surface area (Å²) in [5.74, 6) is 1.27. The van der Waals surface area contributed by atoms with Gasteiger partial charge in [-0.2, -0.15) is 0 Å². The van der Waals surface area contributed by atoms with Crippen LogP contribution in [0.1, 0.15) is 38.2 Å². The third kappa shape index (κ3) is 4.43. The van der Waals surface area contributed by atoms with Gasteiger partial charge in [-0.25, -0.2) is 0 Å². The molecule has 0 atom stereocenters. The minimum Gasteiger partial charge on any atom is -0.504 e. The SMILES string of the molecule is CCCCCCc1ccc(O)c(Oc2ccccc2)c1S. The van der Waals surface area contributed by atoms with Crippen LogP contribution in [0.5, 0.6) is 17.2 Å². The molecule has 0 aliphatic rings. The molecule has 0 unspecified atom stereocenters. The summed E-state index contributed by atoms with van der Waals surface area (Å²) in [6, 6.07) is 13.1. The average molecular weight is 302 g/mol. The molecule has 0 aromatic heterocycles. The maximum Gasteiger partial charge on any atom is 0.182 e. The highest BCUT2D eigenvalue weighted by Crippen LogP contribution is 2.39. The normalized spacial score (nSPS) is 10.6. The lowest BCUT2D eigenvalue weighted by Gasteiger charge is -2.13. The molecule has 0 aliphatic carbocycles. The molecule has 0 amide bonds. The van der Waals surface area contributed by atoms with E-state index in [1.54, 1.807) is 6.07 Å². The Bertz CT molecular complexity index is 567. The van der Waals surface area contributed by atoms with Gasteiger partial charge >= 0.3 is 0 Å². The maximum atomic E-state index is 10.0. The Kier molecular flexibility index (Phi) is 6.00. The first kappa shape index (κ1) is 15.8. The van der Waals surface area contributed by atoms with E-state index < -0.39 is 0 Å². The molecule has 1 N–H and O–H groups in total. The molecule has 0 spiro atoms. The molecule has 2 nitrogen and oxygen atoms in total. The van der Waals surface area contributed by atoms with E-state index in [1.165, 1.54) is 19.3 Å². The van der Waals surface area contributed by atoms with Gasteiger partial charge < -0.3 is 9.84 Å². The van der Waals surface area contributed by atoms with Crippen LogP contribution >= 0.6 is 12.6 Å². The number of ether oxygens (including phenoxy) is 1. The standard InChI is InChI=1S/C18H22O2S/c1-2-3-4-6-9-14-12-13-16(19)17(18(14)21)20-15-10-7-5-8-11-15/h5,7-8,10-13,19,21H,2-4,6,9H2,1H3. The number of hydrogen-bond donors (Lipinski definition) is 2. The van der Waals surface area contributed by atoms with E-state index in [2.05, 4.69) is 19.6 Å². The predicted octanol–water partition coefficient (Wildman–Crippen LogP) is 5.60. The number of rotatable bonds is 7. The smallest absolute Gasteiger partial charge is 0.182 e. The molecular formula is C18H22O2S. The fourth-order valence-electron chi connectivity index (χ4n) is 2.25. The lowest BCUT2D eigenvalue weighted by molar-refractivity contribution is 0.402. The number of phenols is 1. The van der Waals surface area contributed by atoms with E-state index in [0.29, 0.717) is 11.5 Å². The monoisotopic (exact) mass is 302 g/mol. The Morgan fingerprint density at radius 2 is 1.76 bits per heavy atom. The van der Waals surface area contributed by atoms with E-state index in [1.807, 2.05) is 36.4 Å². The molecule has 2 aromatic rings. The second kappa shape index (κ2) is 7.99. The number of para-hydroxylation sites is 1. The highest BCUT2D eigenvalue weighted by molar-refractivity contribution is 7.80. The first-order valence-electron chi connectivity index (χ1n) is 7.49. The van der Waals surface area contributed by atoms with Crippen molar-refractivity contribution in [1.29, 1.82) is 0 Å². The Hall–Kier alpha value is -1.61. The summed E-state index contributed by atoms with van der Waals surface area (Å²) in [6.45, 7) is 2.20. The van der Waals surface area contributed by atoms with Gasteiger partial charge in [0.2, 0.25) is 0 Å². The number of phenolic OH excluding ortho intramolecular Hbond substituents is 1. The molecule has 112 valence electrons. The number of benzene rings is 2. The number of thiol groups is 1. The van der Waals surface area contributed by atoms with Crippen molar-refractivity contribution >= 4 is 12.6 Å². The zero-order chi connectivity index (χ0) is 15.1. The summed E-state index contributed by atoms with van der Waals surface area (Å²) in [6.07, 6.45) is 5.81. The molecule has 21 heavy (non-hydrogen) atoms. The summed E-state index contributed by atoms with van der Waals surface area (Å²) >= 11 is 4.55. The van der Waals surface area contributed by atoms with Gasteiger partial charge in [0.25, 0.3) is 0 Å². The van der Waals surface area contributed by atoms with Crippen molar-refractivity contribution < 1.29 is 9.84 Å². The van der Waals surface area contributed by atoms with E-state index in [-0.39, 0.29) is 5.75 Å². The van der Waals surface area contributed by atoms with Crippen LogP contribution in [-0.4, -0.2) is 5.11 Å². The fraction of sp³-hybridized carbons (Fsp3) is 0.333. The Morgan fingerprint density at radius 1 is 1.00 bits per heavy atom. The Balaban J connectivity index is 2.13. The third-order valence-corrected chi connectivity index (χ3v) is 3.95. The van der Waals surface area contributed by atoms with E-state index in [9.17, 15) is 5.11 Å². The predicted molar refractivity (Wildman–Crippen MR) is 89.7 cm³/mol. The quantitative estimate of drug-likeness (QED) is 0.515. The zero-order valence-corrected chi connectivity index (χ0v) is 13.3. The average Bonchev–Trinajstić information content (AvgIpc) is 2.51. The summed E-state index contributed by atoms with van der Waals surface area (Å²) in [5, 5.41) is 10.0. The lowest BCUT2D eigenvalue weighted by Crippen LogP contribution is -1.93. The minimum absolute atomic E-state index is 0.126.